The maximum atomic E-state index is 13.5. The number of rotatable bonds is 4. The molecule has 0 fully saturated rings. The molecule has 5 nitrogen and oxygen atoms in total. The van der Waals surface area contributed by atoms with E-state index < -0.39 is 29.6 Å². The van der Waals surface area contributed by atoms with E-state index in [0.717, 1.165) is 17.7 Å². The number of carbonyl (C=O) groups excluding carboxylic acids is 2. The summed E-state index contributed by atoms with van der Waals surface area (Å²) in [5.74, 6) is -3.68. The molecule has 0 spiro atoms. The Hall–Kier alpha value is -2.96. The van der Waals surface area contributed by atoms with E-state index in [1.807, 2.05) is 0 Å². The molecular weight excluding hydrogens is 320 g/mol. The SMILES string of the molecule is Cc1ccc(C(=O)O[C@@H](C)C(=O)Nc2ccc(F)cc2F)c(O)c1. The summed E-state index contributed by atoms with van der Waals surface area (Å²) in [7, 11) is 0. The van der Waals surface area contributed by atoms with Gasteiger partial charge in [-0.1, -0.05) is 6.07 Å². The zero-order valence-electron chi connectivity index (χ0n) is 13.0. The zero-order valence-corrected chi connectivity index (χ0v) is 13.0. The fraction of sp³-hybridized carbons (Fsp3) is 0.176. The van der Waals surface area contributed by atoms with Crippen LogP contribution in [-0.4, -0.2) is 23.1 Å². The molecule has 2 aromatic rings. The minimum Gasteiger partial charge on any atom is -0.507 e. The molecule has 0 aliphatic rings. The van der Waals surface area contributed by atoms with Crippen molar-refractivity contribution in [3.63, 3.8) is 0 Å². The maximum absolute atomic E-state index is 13.5. The monoisotopic (exact) mass is 335 g/mol. The number of halogens is 2. The first-order chi connectivity index (χ1) is 11.3. The number of ether oxygens (including phenoxy) is 1. The van der Waals surface area contributed by atoms with Crippen LogP contribution in [0.25, 0.3) is 0 Å². The fourth-order valence-electron chi connectivity index (χ4n) is 1.92. The summed E-state index contributed by atoms with van der Waals surface area (Å²) in [6, 6.07) is 7.03. The van der Waals surface area contributed by atoms with Gasteiger partial charge in [-0.2, -0.15) is 0 Å². The van der Waals surface area contributed by atoms with Crippen LogP contribution in [0.3, 0.4) is 0 Å². The van der Waals surface area contributed by atoms with Crippen LogP contribution in [0, 0.1) is 18.6 Å². The van der Waals surface area contributed by atoms with Crippen LogP contribution in [0.4, 0.5) is 14.5 Å². The van der Waals surface area contributed by atoms with E-state index in [4.69, 9.17) is 4.74 Å². The largest absolute Gasteiger partial charge is 0.507 e. The molecule has 0 heterocycles. The van der Waals surface area contributed by atoms with Crippen LogP contribution < -0.4 is 5.32 Å². The number of aromatic hydroxyl groups is 1. The number of hydrogen-bond acceptors (Lipinski definition) is 4. The van der Waals surface area contributed by atoms with Crippen molar-refractivity contribution >= 4 is 17.6 Å². The van der Waals surface area contributed by atoms with Crippen molar-refractivity contribution in [1.29, 1.82) is 0 Å². The number of anilines is 1. The lowest BCUT2D eigenvalue weighted by Gasteiger charge is -2.14. The number of carbonyl (C=O) groups is 2. The predicted molar refractivity (Wildman–Crippen MR) is 82.7 cm³/mol. The van der Waals surface area contributed by atoms with E-state index in [-0.39, 0.29) is 17.0 Å². The Balaban J connectivity index is 2.04. The average molecular weight is 335 g/mol. The smallest absolute Gasteiger partial charge is 0.342 e. The third kappa shape index (κ3) is 4.07. The summed E-state index contributed by atoms with van der Waals surface area (Å²) in [6.45, 7) is 3.03. The minimum atomic E-state index is -1.25. The highest BCUT2D eigenvalue weighted by atomic mass is 19.1. The summed E-state index contributed by atoms with van der Waals surface area (Å²) in [5.41, 5.74) is 0.428. The van der Waals surface area contributed by atoms with Crippen LogP contribution in [0.1, 0.15) is 22.8 Å². The van der Waals surface area contributed by atoms with E-state index in [1.54, 1.807) is 13.0 Å². The second-order valence-electron chi connectivity index (χ2n) is 5.18. The Kier molecular flexibility index (Phi) is 5.13. The quantitative estimate of drug-likeness (QED) is 0.842. The van der Waals surface area contributed by atoms with Gasteiger partial charge in [0.1, 0.15) is 22.9 Å². The Morgan fingerprint density at radius 1 is 1.17 bits per heavy atom. The van der Waals surface area contributed by atoms with Crippen molar-refractivity contribution < 1.29 is 28.2 Å². The van der Waals surface area contributed by atoms with Gasteiger partial charge in [-0.05, 0) is 43.7 Å². The number of amides is 1. The van der Waals surface area contributed by atoms with Crippen molar-refractivity contribution in [2.45, 2.75) is 20.0 Å². The fourth-order valence-corrected chi connectivity index (χ4v) is 1.92. The Labute approximate surface area is 136 Å². The molecule has 0 aromatic heterocycles. The molecule has 0 saturated carbocycles. The first kappa shape index (κ1) is 17.4. The number of phenolic OH excluding ortho intramolecular Hbond substituents is 1. The minimum absolute atomic E-state index is 0.0896. The third-order valence-corrected chi connectivity index (χ3v) is 3.22. The standard InChI is InChI=1S/C17H15F2NO4/c1-9-3-5-12(15(21)7-9)17(23)24-10(2)16(22)20-14-6-4-11(18)8-13(14)19/h3-8,10,21H,1-2H3,(H,20,22)/t10-/m0/s1. The molecule has 0 bridgehead atoms. The number of nitrogens with one attached hydrogen (secondary N) is 1. The van der Waals surface area contributed by atoms with Gasteiger partial charge in [-0.3, -0.25) is 4.79 Å². The average Bonchev–Trinajstić information content (AvgIpc) is 2.49. The van der Waals surface area contributed by atoms with Crippen molar-refractivity contribution in [2.75, 3.05) is 5.32 Å². The maximum Gasteiger partial charge on any atom is 0.342 e. The van der Waals surface area contributed by atoms with Gasteiger partial charge in [-0.25, -0.2) is 13.6 Å². The van der Waals surface area contributed by atoms with Gasteiger partial charge in [0.25, 0.3) is 5.91 Å². The van der Waals surface area contributed by atoms with Crippen molar-refractivity contribution in [3.8, 4) is 5.75 Å². The summed E-state index contributed by atoms with van der Waals surface area (Å²) in [4.78, 5) is 23.9. The molecular formula is C17H15F2NO4. The van der Waals surface area contributed by atoms with Gasteiger partial charge in [-0.15, -0.1) is 0 Å². The highest BCUT2D eigenvalue weighted by molar-refractivity contribution is 5.98. The molecule has 0 radical (unpaired) electrons. The van der Waals surface area contributed by atoms with Gasteiger partial charge in [0.15, 0.2) is 6.10 Å². The third-order valence-electron chi connectivity index (χ3n) is 3.22. The molecule has 24 heavy (non-hydrogen) atoms. The topological polar surface area (TPSA) is 75.6 Å². The number of aryl methyl sites for hydroxylation is 1. The highest BCUT2D eigenvalue weighted by Crippen LogP contribution is 2.20. The molecule has 1 amide bonds. The van der Waals surface area contributed by atoms with Gasteiger partial charge in [0.2, 0.25) is 0 Å². The predicted octanol–water partition coefficient (Wildman–Crippen LogP) is 3.16. The molecule has 0 saturated heterocycles. The molecule has 2 rings (SSSR count). The first-order valence-corrected chi connectivity index (χ1v) is 7.04. The van der Waals surface area contributed by atoms with Crippen molar-refractivity contribution in [1.82, 2.24) is 0 Å². The molecule has 7 heteroatoms. The molecule has 1 atom stereocenters. The van der Waals surface area contributed by atoms with E-state index in [1.165, 1.54) is 19.1 Å². The molecule has 0 aliphatic heterocycles. The molecule has 2 aromatic carbocycles. The molecule has 126 valence electrons. The summed E-state index contributed by atoms with van der Waals surface area (Å²) in [6.07, 6.45) is -1.25. The summed E-state index contributed by atoms with van der Waals surface area (Å²) < 4.78 is 31.3. The van der Waals surface area contributed by atoms with Gasteiger partial charge >= 0.3 is 5.97 Å². The van der Waals surface area contributed by atoms with E-state index >= 15 is 0 Å². The van der Waals surface area contributed by atoms with Crippen molar-refractivity contribution in [3.05, 3.63) is 59.2 Å². The lowest BCUT2D eigenvalue weighted by atomic mass is 10.1. The van der Waals surface area contributed by atoms with Crippen LogP contribution >= 0.6 is 0 Å². The lowest BCUT2D eigenvalue weighted by Crippen LogP contribution is -2.30. The summed E-state index contributed by atoms with van der Waals surface area (Å²) in [5, 5.41) is 11.9. The molecule has 0 unspecified atom stereocenters. The number of esters is 1. The van der Waals surface area contributed by atoms with Crippen LogP contribution in [0.15, 0.2) is 36.4 Å². The van der Waals surface area contributed by atoms with E-state index in [2.05, 4.69) is 5.32 Å². The van der Waals surface area contributed by atoms with Crippen LogP contribution in [-0.2, 0) is 9.53 Å². The van der Waals surface area contributed by atoms with Gasteiger partial charge < -0.3 is 15.2 Å². The Bertz CT molecular complexity index is 792. The molecule has 2 N–H and O–H groups in total. The molecule has 0 aliphatic carbocycles. The van der Waals surface area contributed by atoms with E-state index in [9.17, 15) is 23.5 Å². The van der Waals surface area contributed by atoms with Crippen molar-refractivity contribution in [2.24, 2.45) is 0 Å². The highest BCUT2D eigenvalue weighted by Gasteiger charge is 2.22. The Morgan fingerprint density at radius 2 is 1.88 bits per heavy atom. The van der Waals surface area contributed by atoms with E-state index in [0.29, 0.717) is 6.07 Å². The summed E-state index contributed by atoms with van der Waals surface area (Å²) >= 11 is 0. The second kappa shape index (κ2) is 7.08. The number of benzene rings is 2. The number of hydrogen-bond donors (Lipinski definition) is 2. The first-order valence-electron chi connectivity index (χ1n) is 7.04. The van der Waals surface area contributed by atoms with Crippen LogP contribution in [0.5, 0.6) is 5.75 Å². The second-order valence-corrected chi connectivity index (χ2v) is 5.18. The van der Waals surface area contributed by atoms with Crippen LogP contribution in [0.2, 0.25) is 0 Å². The van der Waals surface area contributed by atoms with Gasteiger partial charge in [0.05, 0.1) is 5.69 Å². The lowest BCUT2D eigenvalue weighted by molar-refractivity contribution is -0.123. The Morgan fingerprint density at radius 3 is 2.50 bits per heavy atom. The normalized spacial score (nSPS) is 11.7. The number of phenols is 1. The van der Waals surface area contributed by atoms with Gasteiger partial charge in [0, 0.05) is 6.07 Å². The zero-order chi connectivity index (χ0) is 17.9.